The second-order valence-corrected chi connectivity index (χ2v) is 6.53. The second-order valence-electron chi connectivity index (χ2n) is 6.09. The van der Waals surface area contributed by atoms with Crippen LogP contribution < -0.4 is 0 Å². The molecule has 1 aromatic carbocycles. The van der Waals surface area contributed by atoms with E-state index in [2.05, 4.69) is 16.7 Å². The van der Waals surface area contributed by atoms with Gasteiger partial charge in [0, 0.05) is 43.3 Å². The van der Waals surface area contributed by atoms with Crippen molar-refractivity contribution in [1.29, 1.82) is 0 Å². The van der Waals surface area contributed by atoms with E-state index >= 15 is 0 Å². The van der Waals surface area contributed by atoms with Crippen molar-refractivity contribution in [3.05, 3.63) is 28.8 Å². The fraction of sp³-hybridized carbons (Fsp3) is 0.529. The number of alkyl halides is 6. The van der Waals surface area contributed by atoms with Crippen LogP contribution in [-0.2, 0) is 16.1 Å². The fourth-order valence-corrected chi connectivity index (χ4v) is 2.38. The third kappa shape index (κ3) is 12.3. The van der Waals surface area contributed by atoms with Gasteiger partial charge in [0.1, 0.15) is 5.75 Å². The van der Waals surface area contributed by atoms with Crippen molar-refractivity contribution >= 4 is 23.5 Å². The maximum absolute atomic E-state index is 10.6. The Hall–Kier alpha value is -2.25. The molecule has 0 aliphatic carbocycles. The van der Waals surface area contributed by atoms with Crippen molar-refractivity contribution in [2.24, 2.45) is 0 Å². The van der Waals surface area contributed by atoms with E-state index in [9.17, 15) is 31.4 Å². The van der Waals surface area contributed by atoms with E-state index < -0.39 is 24.3 Å². The molecule has 2 rings (SSSR count). The van der Waals surface area contributed by atoms with E-state index in [1.165, 1.54) is 0 Å². The number of benzene rings is 1. The monoisotopic (exact) mass is 482 g/mol. The summed E-state index contributed by atoms with van der Waals surface area (Å²) in [6.45, 7) is 8.42. The Morgan fingerprint density at radius 3 is 1.68 bits per heavy atom. The van der Waals surface area contributed by atoms with Crippen LogP contribution in [0, 0.1) is 0 Å². The van der Waals surface area contributed by atoms with Crippen molar-refractivity contribution in [2.75, 3.05) is 32.7 Å². The zero-order chi connectivity index (χ0) is 24.4. The van der Waals surface area contributed by atoms with Gasteiger partial charge < -0.3 is 20.2 Å². The summed E-state index contributed by atoms with van der Waals surface area (Å²) >= 11 is 5.94. The summed E-state index contributed by atoms with van der Waals surface area (Å²) in [7, 11) is 0. The van der Waals surface area contributed by atoms with Crippen molar-refractivity contribution in [3.8, 4) is 5.75 Å². The number of rotatable bonds is 3. The molecular formula is C17H21ClF6N2O5. The Morgan fingerprint density at radius 1 is 0.935 bits per heavy atom. The zero-order valence-electron chi connectivity index (χ0n) is 16.2. The molecule has 0 aromatic heterocycles. The number of carbonyl (C=O) groups is 2. The van der Waals surface area contributed by atoms with Crippen molar-refractivity contribution < 1.29 is 51.3 Å². The van der Waals surface area contributed by atoms with Gasteiger partial charge in [0.05, 0.1) is 0 Å². The van der Waals surface area contributed by atoms with Crippen LogP contribution in [0.4, 0.5) is 26.3 Å². The van der Waals surface area contributed by atoms with Gasteiger partial charge >= 0.3 is 24.3 Å². The quantitative estimate of drug-likeness (QED) is 0.567. The van der Waals surface area contributed by atoms with Gasteiger partial charge in [0.25, 0.3) is 0 Å². The van der Waals surface area contributed by atoms with Crippen molar-refractivity contribution in [3.63, 3.8) is 0 Å². The first-order valence-electron chi connectivity index (χ1n) is 8.60. The lowest BCUT2D eigenvalue weighted by molar-refractivity contribution is -0.193. The smallest absolute Gasteiger partial charge is 0.490 e. The van der Waals surface area contributed by atoms with E-state index in [1.54, 1.807) is 12.1 Å². The number of aliphatic carboxylic acids is 2. The number of aromatic hydroxyl groups is 1. The Bertz CT molecular complexity index is 698. The molecule has 1 aliphatic heterocycles. The first-order valence-corrected chi connectivity index (χ1v) is 8.98. The van der Waals surface area contributed by atoms with Gasteiger partial charge in [0.15, 0.2) is 0 Å². The molecule has 0 saturated carbocycles. The first kappa shape index (κ1) is 28.8. The maximum atomic E-state index is 10.6. The molecule has 178 valence electrons. The Balaban J connectivity index is 0.000000536. The van der Waals surface area contributed by atoms with Gasteiger partial charge in [-0.15, -0.1) is 0 Å². The van der Waals surface area contributed by atoms with E-state index in [0.29, 0.717) is 10.8 Å². The normalized spacial score (nSPS) is 15.2. The van der Waals surface area contributed by atoms with Gasteiger partial charge in [-0.1, -0.05) is 18.5 Å². The number of phenols is 1. The number of halogens is 7. The van der Waals surface area contributed by atoms with Gasteiger partial charge in [0.2, 0.25) is 0 Å². The van der Waals surface area contributed by atoms with Crippen LogP contribution in [0.2, 0.25) is 5.02 Å². The molecule has 1 saturated heterocycles. The molecule has 0 amide bonds. The lowest BCUT2D eigenvalue weighted by atomic mass is 10.1. The molecule has 0 spiro atoms. The summed E-state index contributed by atoms with van der Waals surface area (Å²) in [6, 6.07) is 5.23. The average molecular weight is 483 g/mol. The summed E-state index contributed by atoms with van der Waals surface area (Å²) in [4.78, 5) is 22.6. The molecule has 31 heavy (non-hydrogen) atoms. The molecule has 1 aromatic rings. The van der Waals surface area contributed by atoms with Crippen LogP contribution in [0.25, 0.3) is 0 Å². The Morgan fingerprint density at radius 2 is 1.32 bits per heavy atom. The van der Waals surface area contributed by atoms with Gasteiger partial charge in [-0.05, 0) is 24.7 Å². The van der Waals surface area contributed by atoms with Crippen LogP contribution in [0.5, 0.6) is 5.75 Å². The van der Waals surface area contributed by atoms with E-state index in [0.717, 1.165) is 44.8 Å². The summed E-state index contributed by atoms with van der Waals surface area (Å²) in [5.74, 6) is -5.17. The van der Waals surface area contributed by atoms with Gasteiger partial charge in [-0.25, -0.2) is 9.59 Å². The Labute approximate surface area is 178 Å². The molecule has 0 atom stereocenters. The number of nitrogens with zero attached hydrogens (tertiary/aromatic N) is 2. The first-order chi connectivity index (χ1) is 14.1. The SMILES string of the molecule is CCN1CCN(Cc2cc(Cl)ccc2O)CC1.O=C(O)C(F)(F)F.O=C(O)C(F)(F)F. The van der Waals surface area contributed by atoms with E-state index in [-0.39, 0.29) is 0 Å². The minimum absolute atomic E-state index is 0.340. The average Bonchev–Trinajstić information content (AvgIpc) is 2.65. The minimum atomic E-state index is -5.08. The van der Waals surface area contributed by atoms with Crippen molar-refractivity contribution in [2.45, 2.75) is 25.8 Å². The largest absolute Gasteiger partial charge is 0.508 e. The highest BCUT2D eigenvalue weighted by molar-refractivity contribution is 6.30. The molecule has 0 bridgehead atoms. The molecule has 1 heterocycles. The zero-order valence-corrected chi connectivity index (χ0v) is 16.9. The molecule has 1 aliphatic rings. The highest BCUT2D eigenvalue weighted by Gasteiger charge is 2.38. The lowest BCUT2D eigenvalue weighted by Gasteiger charge is -2.34. The molecule has 3 N–H and O–H groups in total. The Kier molecular flexibility index (Phi) is 11.7. The third-order valence-corrected chi connectivity index (χ3v) is 4.07. The number of likely N-dealkylation sites (N-methyl/N-ethyl adjacent to an activating group) is 1. The van der Waals surface area contributed by atoms with Crippen LogP contribution in [0.1, 0.15) is 12.5 Å². The molecule has 0 radical (unpaired) electrons. The van der Waals surface area contributed by atoms with Crippen LogP contribution in [-0.4, -0.2) is 82.1 Å². The molecule has 1 fully saturated rings. The number of hydrogen-bond donors (Lipinski definition) is 3. The minimum Gasteiger partial charge on any atom is -0.508 e. The van der Waals surface area contributed by atoms with Crippen LogP contribution in [0.3, 0.4) is 0 Å². The topological polar surface area (TPSA) is 101 Å². The number of phenolic OH excluding ortho intramolecular Hbond substituents is 1. The highest BCUT2D eigenvalue weighted by atomic mass is 35.5. The van der Waals surface area contributed by atoms with E-state index in [1.807, 2.05) is 6.07 Å². The third-order valence-electron chi connectivity index (χ3n) is 3.83. The van der Waals surface area contributed by atoms with E-state index in [4.69, 9.17) is 31.4 Å². The summed E-state index contributed by atoms with van der Waals surface area (Å²) in [5.41, 5.74) is 0.919. The predicted octanol–water partition coefficient (Wildman–Crippen LogP) is 3.45. The maximum Gasteiger partial charge on any atom is 0.490 e. The molecular weight excluding hydrogens is 462 g/mol. The number of carboxylic acids is 2. The lowest BCUT2D eigenvalue weighted by Crippen LogP contribution is -2.45. The standard InChI is InChI=1S/C13H19ClN2O.2C2HF3O2/c1-2-15-5-7-16(8-6-15)10-11-9-12(14)3-4-13(11)17;2*3-2(4,5)1(6)7/h3-4,9,17H,2,5-8,10H2,1H3;2*(H,6,7). The molecule has 7 nitrogen and oxygen atoms in total. The summed E-state index contributed by atoms with van der Waals surface area (Å²) < 4.78 is 63.5. The van der Waals surface area contributed by atoms with Gasteiger partial charge in [-0.2, -0.15) is 26.3 Å². The number of hydrogen-bond acceptors (Lipinski definition) is 5. The van der Waals surface area contributed by atoms with Gasteiger partial charge in [-0.3, -0.25) is 4.90 Å². The number of carboxylic acid groups (broad SMARTS) is 2. The number of piperazine rings is 1. The summed E-state index contributed by atoms with van der Waals surface area (Å²) in [5, 5.41) is 24.7. The fourth-order valence-electron chi connectivity index (χ4n) is 2.19. The van der Waals surface area contributed by atoms with Crippen LogP contribution >= 0.6 is 11.6 Å². The highest BCUT2D eigenvalue weighted by Crippen LogP contribution is 2.23. The second kappa shape index (κ2) is 12.6. The summed E-state index contributed by atoms with van der Waals surface area (Å²) in [6.07, 6.45) is -10.2. The van der Waals surface area contributed by atoms with Crippen molar-refractivity contribution in [1.82, 2.24) is 9.80 Å². The van der Waals surface area contributed by atoms with Crippen LogP contribution in [0.15, 0.2) is 18.2 Å². The molecule has 14 heteroatoms. The molecule has 0 unspecified atom stereocenters. The predicted molar refractivity (Wildman–Crippen MR) is 97.9 cm³/mol.